The van der Waals surface area contributed by atoms with Gasteiger partial charge in [-0.05, 0) is 35.0 Å². The van der Waals surface area contributed by atoms with Crippen LogP contribution in [0.5, 0.6) is 0 Å². The van der Waals surface area contributed by atoms with Crippen LogP contribution in [-0.2, 0) is 13.1 Å². The molecule has 0 aliphatic heterocycles. The molecule has 0 amide bonds. The minimum atomic E-state index is -1.03. The summed E-state index contributed by atoms with van der Waals surface area (Å²) in [6, 6.07) is 3.80. The summed E-state index contributed by atoms with van der Waals surface area (Å²) in [5, 5.41) is 14.1. The highest BCUT2D eigenvalue weighted by molar-refractivity contribution is 9.10. The maximum Gasteiger partial charge on any atom is 0.372 e. The average Bonchev–Trinajstić information content (AvgIpc) is 2.85. The van der Waals surface area contributed by atoms with Crippen molar-refractivity contribution in [1.29, 1.82) is 0 Å². The molecule has 2 N–H and O–H groups in total. The molecule has 0 atom stereocenters. The summed E-state index contributed by atoms with van der Waals surface area (Å²) in [6.45, 7) is 2.98. The third-order valence-electron chi connectivity index (χ3n) is 2.38. The van der Waals surface area contributed by atoms with E-state index in [1.165, 1.54) is 4.88 Å². The van der Waals surface area contributed by atoms with E-state index in [1.54, 1.807) is 24.3 Å². The van der Waals surface area contributed by atoms with Crippen LogP contribution >= 0.6 is 27.3 Å². The molecule has 0 radical (unpaired) electrons. The zero-order chi connectivity index (χ0) is 13.1. The lowest BCUT2D eigenvalue weighted by Gasteiger charge is -1.99. The van der Waals surface area contributed by atoms with E-state index in [0.717, 1.165) is 11.0 Å². The van der Waals surface area contributed by atoms with Gasteiger partial charge in [-0.15, -0.1) is 11.3 Å². The van der Waals surface area contributed by atoms with Gasteiger partial charge in [0.15, 0.2) is 0 Å². The number of thiophene rings is 1. The quantitative estimate of drug-likeness (QED) is 0.882. The van der Waals surface area contributed by atoms with Gasteiger partial charge in [0.05, 0.1) is 6.54 Å². The lowest BCUT2D eigenvalue weighted by molar-refractivity contribution is 0.0659. The summed E-state index contributed by atoms with van der Waals surface area (Å²) in [6.07, 6.45) is 0. The van der Waals surface area contributed by atoms with Crippen LogP contribution in [0.2, 0.25) is 0 Å². The Labute approximate surface area is 117 Å². The third-order valence-corrected chi connectivity index (χ3v) is 4.08. The first-order chi connectivity index (χ1) is 8.56. The molecule has 6 heteroatoms. The number of carboxylic acid groups (broad SMARTS) is 1. The van der Waals surface area contributed by atoms with Gasteiger partial charge in [-0.3, -0.25) is 0 Å². The second-order valence-corrected chi connectivity index (χ2v) is 5.78. The topological polar surface area (TPSA) is 62.5 Å². The molecular weight excluding hydrogens is 318 g/mol. The first kappa shape index (κ1) is 13.3. The normalized spacial score (nSPS) is 10.8. The van der Waals surface area contributed by atoms with Gasteiger partial charge in [0.25, 0.3) is 0 Å². The monoisotopic (exact) mass is 329 g/mol. The predicted octanol–water partition coefficient (Wildman–Crippen LogP) is 3.40. The highest BCUT2D eigenvalue weighted by Gasteiger charge is 2.13. The molecule has 2 aromatic rings. The molecule has 0 bridgehead atoms. The fourth-order valence-corrected chi connectivity index (χ4v) is 3.02. The summed E-state index contributed by atoms with van der Waals surface area (Å²) in [5.74, 6) is -0.368. The molecule has 4 nitrogen and oxygen atoms in total. The van der Waals surface area contributed by atoms with Crippen molar-refractivity contribution in [3.63, 3.8) is 0 Å². The second-order valence-electron chi connectivity index (χ2n) is 3.86. The minimum absolute atomic E-state index is 0.0191. The Morgan fingerprint density at radius 2 is 2.28 bits per heavy atom. The number of furan rings is 1. The summed E-state index contributed by atoms with van der Waals surface area (Å²) >= 11 is 5.06. The van der Waals surface area contributed by atoms with Gasteiger partial charge in [-0.25, -0.2) is 4.79 Å². The molecule has 0 aliphatic carbocycles. The lowest BCUT2D eigenvalue weighted by Crippen LogP contribution is -2.11. The smallest absolute Gasteiger partial charge is 0.372 e. The van der Waals surface area contributed by atoms with Gasteiger partial charge < -0.3 is 14.8 Å². The van der Waals surface area contributed by atoms with Gasteiger partial charge in [0, 0.05) is 26.8 Å². The van der Waals surface area contributed by atoms with E-state index in [-0.39, 0.29) is 5.76 Å². The summed E-state index contributed by atoms with van der Waals surface area (Å²) in [7, 11) is 0. The number of hydrogen-bond donors (Lipinski definition) is 2. The molecule has 96 valence electrons. The molecule has 2 rings (SSSR count). The van der Waals surface area contributed by atoms with Gasteiger partial charge in [-0.2, -0.15) is 0 Å². The molecular formula is C12H12BrNO3S. The van der Waals surface area contributed by atoms with Crippen molar-refractivity contribution < 1.29 is 14.3 Å². The second kappa shape index (κ2) is 5.69. The molecule has 0 fully saturated rings. The molecule has 0 unspecified atom stereocenters. The van der Waals surface area contributed by atoms with Gasteiger partial charge in [0.1, 0.15) is 5.76 Å². The largest absolute Gasteiger partial charge is 0.475 e. The first-order valence-corrected chi connectivity index (χ1v) is 7.00. The van der Waals surface area contributed by atoms with Crippen LogP contribution in [0.25, 0.3) is 0 Å². The van der Waals surface area contributed by atoms with Crippen molar-refractivity contribution >= 4 is 33.2 Å². The maximum absolute atomic E-state index is 10.8. The number of rotatable bonds is 5. The number of carboxylic acids is 1. The third kappa shape index (κ3) is 3.22. The zero-order valence-electron chi connectivity index (χ0n) is 9.70. The minimum Gasteiger partial charge on any atom is -0.475 e. The van der Waals surface area contributed by atoms with Crippen LogP contribution < -0.4 is 5.32 Å². The zero-order valence-corrected chi connectivity index (χ0v) is 12.1. The van der Waals surface area contributed by atoms with Crippen LogP contribution in [0.15, 0.2) is 26.4 Å². The van der Waals surface area contributed by atoms with Crippen LogP contribution in [0, 0.1) is 6.92 Å². The van der Waals surface area contributed by atoms with Crippen molar-refractivity contribution in [2.75, 3.05) is 0 Å². The molecule has 2 heterocycles. The van der Waals surface area contributed by atoms with Gasteiger partial charge in [-0.1, -0.05) is 0 Å². The number of hydrogen-bond acceptors (Lipinski definition) is 4. The first-order valence-electron chi connectivity index (χ1n) is 5.32. The Hall–Kier alpha value is -1.11. The van der Waals surface area contributed by atoms with Crippen molar-refractivity contribution in [3.8, 4) is 0 Å². The van der Waals surface area contributed by atoms with E-state index in [1.807, 2.05) is 11.4 Å². The number of carbonyl (C=O) groups is 1. The summed E-state index contributed by atoms with van der Waals surface area (Å²) < 4.78 is 6.33. The number of aromatic carboxylic acids is 1. The maximum atomic E-state index is 10.8. The highest BCUT2D eigenvalue weighted by atomic mass is 79.9. The standard InChI is InChI=1S/C12H12BrNO3S/c1-7-2-9(17-11(7)12(15)16)4-14-5-10-3-8(13)6-18-10/h2-3,6,14H,4-5H2,1H3,(H,15,16). The van der Waals surface area contributed by atoms with E-state index >= 15 is 0 Å². The van der Waals surface area contributed by atoms with E-state index < -0.39 is 5.97 Å². The van der Waals surface area contributed by atoms with Crippen LogP contribution in [-0.4, -0.2) is 11.1 Å². The fraction of sp³-hybridized carbons (Fsp3) is 0.250. The fourth-order valence-electron chi connectivity index (χ4n) is 1.60. The van der Waals surface area contributed by atoms with E-state index in [4.69, 9.17) is 9.52 Å². The highest BCUT2D eigenvalue weighted by Crippen LogP contribution is 2.20. The van der Waals surface area contributed by atoms with E-state index in [2.05, 4.69) is 21.2 Å². The lowest BCUT2D eigenvalue weighted by atomic mass is 10.2. The summed E-state index contributed by atoms with van der Waals surface area (Å²) in [4.78, 5) is 12.0. The van der Waals surface area contributed by atoms with Crippen LogP contribution in [0.3, 0.4) is 0 Å². The Balaban J connectivity index is 1.90. The van der Waals surface area contributed by atoms with Crippen molar-refractivity contribution in [1.82, 2.24) is 5.32 Å². The average molecular weight is 330 g/mol. The Kier molecular flexibility index (Phi) is 4.21. The van der Waals surface area contributed by atoms with Crippen molar-refractivity contribution in [2.45, 2.75) is 20.0 Å². The van der Waals surface area contributed by atoms with E-state index in [9.17, 15) is 4.79 Å². The summed E-state index contributed by atoms with van der Waals surface area (Å²) in [5.41, 5.74) is 0.651. The molecule has 0 aromatic carbocycles. The number of halogens is 1. The number of nitrogens with one attached hydrogen (secondary N) is 1. The van der Waals surface area contributed by atoms with Crippen molar-refractivity contribution in [2.24, 2.45) is 0 Å². The van der Waals surface area contributed by atoms with Gasteiger partial charge >= 0.3 is 5.97 Å². The Bertz CT molecular complexity index is 561. The van der Waals surface area contributed by atoms with Crippen LogP contribution in [0.4, 0.5) is 0 Å². The van der Waals surface area contributed by atoms with Crippen LogP contribution in [0.1, 0.15) is 26.8 Å². The predicted molar refractivity (Wildman–Crippen MR) is 73.0 cm³/mol. The molecule has 2 aromatic heterocycles. The Morgan fingerprint density at radius 3 is 2.83 bits per heavy atom. The SMILES string of the molecule is Cc1cc(CNCc2cc(Br)cs2)oc1C(=O)O. The molecule has 0 aliphatic rings. The number of aryl methyl sites for hydroxylation is 1. The van der Waals surface area contributed by atoms with Crippen molar-refractivity contribution in [3.05, 3.63) is 43.9 Å². The molecule has 0 spiro atoms. The Morgan fingerprint density at radius 1 is 1.50 bits per heavy atom. The van der Waals surface area contributed by atoms with Gasteiger partial charge in [0.2, 0.25) is 5.76 Å². The molecule has 0 saturated heterocycles. The molecule has 18 heavy (non-hydrogen) atoms. The molecule has 0 saturated carbocycles. The van der Waals surface area contributed by atoms with E-state index in [0.29, 0.717) is 17.9 Å².